The molecule has 30 heavy (non-hydrogen) atoms. The molecule has 2 aromatic rings. The Morgan fingerprint density at radius 2 is 1.97 bits per heavy atom. The van der Waals surface area contributed by atoms with Crippen molar-refractivity contribution in [2.75, 3.05) is 49.7 Å². The molecular formula is C18H25N5O5S2. The molecule has 1 aromatic carbocycles. The minimum atomic E-state index is -3.90. The molecule has 1 fully saturated rings. The minimum absolute atomic E-state index is 0.141. The summed E-state index contributed by atoms with van der Waals surface area (Å²) in [5.74, 6) is 0. The van der Waals surface area contributed by atoms with Crippen LogP contribution in [0.4, 0.5) is 16.5 Å². The van der Waals surface area contributed by atoms with Gasteiger partial charge in [0.25, 0.3) is 5.69 Å². The van der Waals surface area contributed by atoms with Crippen LogP contribution in [0.2, 0.25) is 0 Å². The lowest BCUT2D eigenvalue weighted by atomic mass is 10.2. The van der Waals surface area contributed by atoms with E-state index in [-0.39, 0.29) is 17.2 Å². The summed E-state index contributed by atoms with van der Waals surface area (Å²) in [5.41, 5.74) is 1.16. The highest BCUT2D eigenvalue weighted by atomic mass is 32.2. The number of thiazole rings is 1. The maximum atomic E-state index is 12.6. The van der Waals surface area contributed by atoms with Crippen LogP contribution in [0.5, 0.6) is 0 Å². The van der Waals surface area contributed by atoms with Crippen LogP contribution in [0.15, 0.2) is 28.5 Å². The second kappa shape index (κ2) is 9.25. The second-order valence-corrected chi connectivity index (χ2v) is 9.68. The van der Waals surface area contributed by atoms with Crippen molar-refractivity contribution in [1.29, 1.82) is 0 Å². The molecular weight excluding hydrogens is 430 g/mol. The number of ether oxygens (including phenoxy) is 1. The normalized spacial score (nSPS) is 16.0. The summed E-state index contributed by atoms with van der Waals surface area (Å²) in [7, 11) is -2.42. The number of aromatic nitrogens is 1. The number of nitro benzene ring substituents is 1. The number of benzene rings is 1. The maximum Gasteiger partial charge on any atom is 0.293 e. The number of nitrogens with one attached hydrogen (secondary N) is 1. The number of sulfonamides is 1. The van der Waals surface area contributed by atoms with Crippen LogP contribution in [-0.2, 0) is 14.8 Å². The van der Waals surface area contributed by atoms with Crippen LogP contribution in [0, 0.1) is 17.0 Å². The lowest BCUT2D eigenvalue weighted by Gasteiger charge is -2.35. The van der Waals surface area contributed by atoms with Crippen LogP contribution in [0.3, 0.4) is 0 Å². The van der Waals surface area contributed by atoms with Crippen LogP contribution in [0.25, 0.3) is 0 Å². The molecule has 3 rings (SSSR count). The first-order chi connectivity index (χ1) is 14.2. The van der Waals surface area contributed by atoms with E-state index in [1.807, 2.05) is 17.2 Å². The first-order valence-corrected chi connectivity index (χ1v) is 11.8. The zero-order valence-corrected chi connectivity index (χ0v) is 18.7. The Morgan fingerprint density at radius 3 is 2.53 bits per heavy atom. The van der Waals surface area contributed by atoms with Crippen molar-refractivity contribution in [3.63, 3.8) is 0 Å². The van der Waals surface area contributed by atoms with Gasteiger partial charge < -0.3 is 14.5 Å². The molecule has 1 aromatic heterocycles. The molecule has 0 spiro atoms. The number of hydrogen-bond donors (Lipinski definition) is 1. The lowest BCUT2D eigenvalue weighted by Crippen LogP contribution is -2.46. The van der Waals surface area contributed by atoms with Gasteiger partial charge in [0.2, 0.25) is 10.0 Å². The molecule has 0 bridgehead atoms. The summed E-state index contributed by atoms with van der Waals surface area (Å²) >= 11 is 1.58. The fourth-order valence-corrected chi connectivity index (χ4v) is 5.43. The molecule has 1 atom stereocenters. The molecule has 0 radical (unpaired) electrons. The summed E-state index contributed by atoms with van der Waals surface area (Å²) < 4.78 is 32.5. The van der Waals surface area contributed by atoms with Gasteiger partial charge in [-0.15, -0.1) is 11.3 Å². The van der Waals surface area contributed by atoms with Crippen LogP contribution in [-0.4, -0.2) is 64.3 Å². The number of rotatable bonds is 8. The third-order valence-corrected chi connectivity index (χ3v) is 7.33. The Morgan fingerprint density at radius 1 is 1.30 bits per heavy atom. The quantitative estimate of drug-likeness (QED) is 0.474. The highest BCUT2D eigenvalue weighted by Crippen LogP contribution is 2.32. The molecule has 1 N–H and O–H groups in total. The third kappa shape index (κ3) is 5.06. The molecule has 2 heterocycles. The Hall–Kier alpha value is -2.28. The highest BCUT2D eigenvalue weighted by molar-refractivity contribution is 7.89. The van der Waals surface area contributed by atoms with E-state index in [4.69, 9.17) is 4.74 Å². The third-order valence-electron chi connectivity index (χ3n) is 4.72. The van der Waals surface area contributed by atoms with Crippen molar-refractivity contribution >= 4 is 37.9 Å². The number of nitro groups is 1. The molecule has 0 unspecified atom stereocenters. The average molecular weight is 456 g/mol. The topological polar surface area (TPSA) is 118 Å². The van der Waals surface area contributed by atoms with Crippen molar-refractivity contribution in [1.82, 2.24) is 9.71 Å². The van der Waals surface area contributed by atoms with Crippen LogP contribution < -0.4 is 14.5 Å². The lowest BCUT2D eigenvalue weighted by molar-refractivity contribution is -0.384. The number of methoxy groups -OCH3 is 1. The van der Waals surface area contributed by atoms with E-state index >= 15 is 0 Å². The Kier molecular flexibility index (Phi) is 6.91. The molecule has 1 saturated heterocycles. The predicted molar refractivity (Wildman–Crippen MR) is 116 cm³/mol. The predicted octanol–water partition coefficient (Wildman–Crippen LogP) is 2.00. The number of hydrogen-bond acceptors (Lipinski definition) is 9. The minimum Gasteiger partial charge on any atom is -0.383 e. The first kappa shape index (κ1) is 22.4. The van der Waals surface area contributed by atoms with E-state index in [1.54, 1.807) is 18.3 Å². The Balaban J connectivity index is 1.78. The monoisotopic (exact) mass is 455 g/mol. The molecule has 0 aliphatic carbocycles. The van der Waals surface area contributed by atoms with Gasteiger partial charge in [0.15, 0.2) is 5.13 Å². The zero-order chi connectivity index (χ0) is 21.9. The van der Waals surface area contributed by atoms with Gasteiger partial charge in [-0.05, 0) is 26.0 Å². The molecule has 10 nitrogen and oxygen atoms in total. The van der Waals surface area contributed by atoms with Gasteiger partial charge in [-0.25, -0.2) is 18.1 Å². The number of nitrogens with zero attached hydrogens (tertiary/aromatic N) is 4. The number of anilines is 2. The molecule has 1 aliphatic heterocycles. The Bertz CT molecular complexity index is 1000. The summed E-state index contributed by atoms with van der Waals surface area (Å²) in [6, 6.07) is 3.58. The first-order valence-electron chi connectivity index (χ1n) is 9.43. The van der Waals surface area contributed by atoms with Gasteiger partial charge >= 0.3 is 0 Å². The van der Waals surface area contributed by atoms with E-state index in [9.17, 15) is 18.5 Å². The van der Waals surface area contributed by atoms with Crippen LogP contribution in [0.1, 0.15) is 12.6 Å². The largest absolute Gasteiger partial charge is 0.383 e. The van der Waals surface area contributed by atoms with Crippen molar-refractivity contribution in [2.45, 2.75) is 24.8 Å². The van der Waals surface area contributed by atoms with Crippen LogP contribution >= 0.6 is 11.3 Å². The standard InChI is InChI=1S/C18H25N5O5S2/c1-13(11-28-3)20-30(26,27)15-4-5-16(17(10-15)23(24)25)21-6-8-22(9-7-21)18-19-14(2)12-29-18/h4-5,10,12-13,20H,6-9,11H2,1-3H3/t13-/m1/s1. The molecule has 0 amide bonds. The fraction of sp³-hybridized carbons (Fsp3) is 0.500. The van der Waals surface area contributed by atoms with Gasteiger partial charge in [-0.3, -0.25) is 10.1 Å². The van der Waals surface area contributed by atoms with E-state index in [0.29, 0.717) is 31.9 Å². The number of piperazine rings is 1. The van der Waals surface area contributed by atoms with Crippen molar-refractivity contribution in [2.24, 2.45) is 0 Å². The maximum absolute atomic E-state index is 12.6. The van der Waals surface area contributed by atoms with E-state index in [2.05, 4.69) is 14.6 Å². The molecule has 1 aliphatic rings. The van der Waals surface area contributed by atoms with Gasteiger partial charge in [0, 0.05) is 50.8 Å². The van der Waals surface area contributed by atoms with Crippen molar-refractivity contribution in [3.8, 4) is 0 Å². The zero-order valence-electron chi connectivity index (χ0n) is 17.1. The number of aryl methyl sites for hydroxylation is 1. The van der Waals surface area contributed by atoms with Gasteiger partial charge in [-0.1, -0.05) is 0 Å². The smallest absolute Gasteiger partial charge is 0.293 e. The van der Waals surface area contributed by atoms with Gasteiger partial charge in [0.05, 0.1) is 22.1 Å². The van der Waals surface area contributed by atoms with E-state index < -0.39 is 21.0 Å². The van der Waals surface area contributed by atoms with E-state index in [1.165, 1.54) is 19.2 Å². The molecule has 164 valence electrons. The van der Waals surface area contributed by atoms with Gasteiger partial charge in [-0.2, -0.15) is 0 Å². The molecule has 0 saturated carbocycles. The highest BCUT2D eigenvalue weighted by Gasteiger charge is 2.28. The Labute approximate surface area is 179 Å². The average Bonchev–Trinajstić information content (AvgIpc) is 3.13. The summed E-state index contributed by atoms with van der Waals surface area (Å²) in [5, 5.41) is 14.6. The summed E-state index contributed by atoms with van der Waals surface area (Å²) in [4.78, 5) is 19.6. The van der Waals surface area contributed by atoms with E-state index in [0.717, 1.165) is 16.9 Å². The molecule has 12 heteroatoms. The van der Waals surface area contributed by atoms with Crippen molar-refractivity contribution in [3.05, 3.63) is 39.4 Å². The second-order valence-electron chi connectivity index (χ2n) is 7.13. The summed E-state index contributed by atoms with van der Waals surface area (Å²) in [6.07, 6.45) is 0. The van der Waals surface area contributed by atoms with Gasteiger partial charge in [0.1, 0.15) is 5.69 Å². The van der Waals surface area contributed by atoms with Crippen molar-refractivity contribution < 1.29 is 18.1 Å². The fourth-order valence-electron chi connectivity index (χ4n) is 3.33. The SMILES string of the molecule is COC[C@@H](C)NS(=O)(=O)c1ccc(N2CCN(c3nc(C)cs3)CC2)c([N+](=O)[O-])c1. The summed E-state index contributed by atoms with van der Waals surface area (Å²) in [6.45, 7) is 6.32.